The van der Waals surface area contributed by atoms with Gasteiger partial charge in [-0.25, -0.2) is 9.59 Å². The normalized spacial score (nSPS) is 30.8. The highest BCUT2D eigenvalue weighted by Crippen LogP contribution is 2.48. The molecule has 1 aromatic carbocycles. The van der Waals surface area contributed by atoms with Crippen LogP contribution in [-0.2, 0) is 20.9 Å². The van der Waals surface area contributed by atoms with Gasteiger partial charge in [0.05, 0.1) is 12.2 Å². The fourth-order valence-electron chi connectivity index (χ4n) is 4.09. The van der Waals surface area contributed by atoms with Crippen LogP contribution in [0.4, 0.5) is 4.79 Å². The van der Waals surface area contributed by atoms with Gasteiger partial charge in [-0.2, -0.15) is 0 Å². The monoisotopic (exact) mass is 347 g/mol. The van der Waals surface area contributed by atoms with Crippen molar-refractivity contribution in [1.29, 1.82) is 0 Å². The second-order valence-corrected chi connectivity index (χ2v) is 7.06. The zero-order valence-electron chi connectivity index (χ0n) is 14.7. The van der Waals surface area contributed by atoms with E-state index in [1.165, 1.54) is 4.90 Å². The molecule has 6 nitrogen and oxygen atoms in total. The molecule has 0 unspecified atom stereocenters. The van der Waals surface area contributed by atoms with Gasteiger partial charge in [-0.15, -0.1) is 0 Å². The van der Waals surface area contributed by atoms with Crippen molar-refractivity contribution < 1.29 is 24.2 Å². The molecule has 0 bridgehead atoms. The Morgan fingerprint density at radius 3 is 2.68 bits per heavy atom. The first-order valence-corrected chi connectivity index (χ1v) is 8.80. The van der Waals surface area contributed by atoms with Crippen LogP contribution in [0.25, 0.3) is 0 Å². The fourth-order valence-corrected chi connectivity index (χ4v) is 4.09. The maximum atomic E-state index is 12.6. The smallest absolute Gasteiger partial charge is 0.410 e. The third kappa shape index (κ3) is 3.49. The average molecular weight is 347 g/mol. The molecule has 1 aliphatic heterocycles. The van der Waals surface area contributed by atoms with E-state index in [0.29, 0.717) is 19.4 Å². The van der Waals surface area contributed by atoms with Crippen molar-refractivity contribution in [2.24, 2.45) is 11.8 Å². The molecule has 1 aromatic rings. The molecule has 2 aliphatic rings. The number of carbonyl (C=O) groups excluding carboxylic acids is 2. The molecule has 25 heavy (non-hydrogen) atoms. The van der Waals surface area contributed by atoms with Gasteiger partial charge in [-0.3, -0.25) is 4.90 Å². The van der Waals surface area contributed by atoms with Crippen LogP contribution in [0, 0.1) is 11.8 Å². The molecule has 2 fully saturated rings. The van der Waals surface area contributed by atoms with Crippen molar-refractivity contribution in [1.82, 2.24) is 4.90 Å². The van der Waals surface area contributed by atoms with Gasteiger partial charge in [0.15, 0.2) is 0 Å². The second kappa shape index (κ2) is 7.04. The van der Waals surface area contributed by atoms with E-state index in [-0.39, 0.29) is 25.0 Å². The molecule has 1 saturated heterocycles. The van der Waals surface area contributed by atoms with Gasteiger partial charge in [0.2, 0.25) is 0 Å². The van der Waals surface area contributed by atoms with E-state index >= 15 is 0 Å². The quantitative estimate of drug-likeness (QED) is 0.846. The number of aliphatic hydroxyl groups is 1. The summed E-state index contributed by atoms with van der Waals surface area (Å²) in [6.07, 6.45) is 0.793. The molecule has 1 saturated carbocycles. The fraction of sp³-hybridized carbons (Fsp3) is 0.579. The lowest BCUT2D eigenvalue weighted by atomic mass is 9.87. The van der Waals surface area contributed by atoms with Crippen molar-refractivity contribution in [3.8, 4) is 0 Å². The summed E-state index contributed by atoms with van der Waals surface area (Å²) < 4.78 is 10.6. The Balaban J connectivity index is 1.73. The number of ether oxygens (including phenoxy) is 2. The number of likely N-dealkylation sites (tertiary alicyclic amines) is 1. The number of nitrogens with zero attached hydrogens (tertiary/aromatic N) is 1. The minimum Gasteiger partial charge on any atom is -0.464 e. The lowest BCUT2D eigenvalue weighted by Crippen LogP contribution is -2.44. The van der Waals surface area contributed by atoms with Crippen molar-refractivity contribution in [2.45, 2.75) is 44.9 Å². The number of rotatable bonds is 4. The number of hydrogen-bond acceptors (Lipinski definition) is 5. The zero-order valence-corrected chi connectivity index (χ0v) is 14.7. The van der Waals surface area contributed by atoms with Gasteiger partial charge in [0, 0.05) is 12.5 Å². The van der Waals surface area contributed by atoms with Crippen molar-refractivity contribution >= 4 is 12.1 Å². The number of esters is 1. The summed E-state index contributed by atoms with van der Waals surface area (Å²) in [5.74, 6) is -0.631. The van der Waals surface area contributed by atoms with Crippen LogP contribution in [-0.4, -0.2) is 46.9 Å². The Morgan fingerprint density at radius 1 is 1.28 bits per heavy atom. The number of fused-ring (bicyclic) bond motifs is 1. The molecule has 1 heterocycles. The van der Waals surface area contributed by atoms with E-state index in [1.54, 1.807) is 13.8 Å². The topological polar surface area (TPSA) is 76.1 Å². The first-order chi connectivity index (χ1) is 11.9. The molecular weight excluding hydrogens is 322 g/mol. The van der Waals surface area contributed by atoms with Crippen LogP contribution in [0.2, 0.25) is 0 Å². The molecular formula is C19H25NO5. The molecule has 6 heteroatoms. The van der Waals surface area contributed by atoms with Gasteiger partial charge in [0.1, 0.15) is 12.6 Å². The summed E-state index contributed by atoms with van der Waals surface area (Å²) in [5.41, 5.74) is 0.0130. The van der Waals surface area contributed by atoms with E-state index < -0.39 is 23.7 Å². The summed E-state index contributed by atoms with van der Waals surface area (Å²) in [6.45, 7) is 4.24. The van der Waals surface area contributed by atoms with Crippen LogP contribution in [0.1, 0.15) is 32.3 Å². The van der Waals surface area contributed by atoms with E-state index in [4.69, 9.17) is 9.47 Å². The number of hydrogen-bond donors (Lipinski definition) is 1. The van der Waals surface area contributed by atoms with E-state index in [1.807, 2.05) is 30.3 Å². The van der Waals surface area contributed by atoms with Gasteiger partial charge < -0.3 is 14.6 Å². The van der Waals surface area contributed by atoms with Crippen molar-refractivity contribution in [3.05, 3.63) is 35.9 Å². The highest BCUT2D eigenvalue weighted by molar-refractivity contribution is 5.82. The van der Waals surface area contributed by atoms with E-state index in [2.05, 4.69) is 0 Å². The first kappa shape index (κ1) is 17.7. The van der Waals surface area contributed by atoms with Gasteiger partial charge in [0.25, 0.3) is 0 Å². The summed E-state index contributed by atoms with van der Waals surface area (Å²) in [4.78, 5) is 26.5. The lowest BCUT2D eigenvalue weighted by Gasteiger charge is -2.26. The van der Waals surface area contributed by atoms with Gasteiger partial charge in [-0.1, -0.05) is 30.3 Å². The molecule has 3 rings (SSSR count). The molecule has 1 amide bonds. The largest absolute Gasteiger partial charge is 0.464 e. The summed E-state index contributed by atoms with van der Waals surface area (Å²) in [7, 11) is 0. The Bertz CT molecular complexity index is 630. The highest BCUT2D eigenvalue weighted by Gasteiger charge is 2.58. The first-order valence-electron chi connectivity index (χ1n) is 8.80. The summed E-state index contributed by atoms with van der Waals surface area (Å²) in [6, 6.07) is 8.72. The Morgan fingerprint density at radius 2 is 2.00 bits per heavy atom. The van der Waals surface area contributed by atoms with E-state index in [9.17, 15) is 14.7 Å². The third-order valence-electron chi connectivity index (χ3n) is 5.40. The van der Waals surface area contributed by atoms with Crippen LogP contribution in [0.3, 0.4) is 0 Å². The molecule has 1 aliphatic carbocycles. The SMILES string of the molecule is CCOC(=O)[C@@H]1[C@H]2CC[C@@](C)(O)[C@H]2CN1C(=O)OCc1ccccc1. The predicted molar refractivity (Wildman–Crippen MR) is 90.6 cm³/mol. The van der Waals surface area contributed by atoms with Crippen molar-refractivity contribution in [3.63, 3.8) is 0 Å². The molecule has 4 atom stereocenters. The minimum atomic E-state index is -0.871. The van der Waals surface area contributed by atoms with Crippen molar-refractivity contribution in [2.75, 3.05) is 13.2 Å². The average Bonchev–Trinajstić information content (AvgIpc) is 3.12. The lowest BCUT2D eigenvalue weighted by molar-refractivity contribution is -0.149. The highest BCUT2D eigenvalue weighted by atomic mass is 16.6. The van der Waals surface area contributed by atoms with Crippen LogP contribution >= 0.6 is 0 Å². The van der Waals surface area contributed by atoms with Gasteiger partial charge >= 0.3 is 12.1 Å². The molecule has 1 N–H and O–H groups in total. The molecule has 0 spiro atoms. The Labute approximate surface area is 147 Å². The maximum Gasteiger partial charge on any atom is 0.410 e. The standard InChI is InChI=1S/C19H25NO5/c1-3-24-17(21)16-14-9-10-19(2,23)15(14)11-20(16)18(22)25-12-13-7-5-4-6-8-13/h4-8,14-16,23H,3,9-12H2,1-2H3/t14-,15-,16-,19+/m0/s1. The summed E-state index contributed by atoms with van der Waals surface area (Å²) >= 11 is 0. The Hall–Kier alpha value is -2.08. The molecule has 0 aromatic heterocycles. The predicted octanol–water partition coefficient (Wildman–Crippen LogP) is 2.35. The maximum absolute atomic E-state index is 12.6. The van der Waals surface area contributed by atoms with E-state index in [0.717, 1.165) is 5.56 Å². The third-order valence-corrected chi connectivity index (χ3v) is 5.40. The van der Waals surface area contributed by atoms with Crippen LogP contribution in [0.5, 0.6) is 0 Å². The van der Waals surface area contributed by atoms with Gasteiger partial charge in [-0.05, 0) is 38.2 Å². The Kier molecular flexibility index (Phi) is 4.99. The number of amides is 1. The van der Waals surface area contributed by atoms with Crippen LogP contribution in [0.15, 0.2) is 30.3 Å². The number of carbonyl (C=O) groups is 2. The molecule has 0 radical (unpaired) electrons. The number of benzene rings is 1. The second-order valence-electron chi connectivity index (χ2n) is 7.06. The summed E-state index contributed by atoms with van der Waals surface area (Å²) in [5, 5.41) is 10.6. The molecule has 136 valence electrons. The zero-order chi connectivity index (χ0) is 18.0. The minimum absolute atomic E-state index is 0.0849. The van der Waals surface area contributed by atoms with Crippen LogP contribution < -0.4 is 0 Å².